The first kappa shape index (κ1) is 14.8. The van der Waals surface area contributed by atoms with E-state index in [0.29, 0.717) is 23.6 Å². The first-order valence-electron chi connectivity index (χ1n) is 6.04. The number of benzene rings is 2. The van der Waals surface area contributed by atoms with Crippen LogP contribution in [0.4, 0.5) is 10.1 Å². The van der Waals surface area contributed by atoms with Crippen LogP contribution >= 0.6 is 23.2 Å². The number of aryl methyl sites for hydroxylation is 1. The van der Waals surface area contributed by atoms with Crippen molar-refractivity contribution >= 4 is 34.8 Å². The summed E-state index contributed by atoms with van der Waals surface area (Å²) < 4.78 is 12.9. The Labute approximate surface area is 126 Å². The third kappa shape index (κ3) is 4.22. The molecule has 0 radical (unpaired) electrons. The summed E-state index contributed by atoms with van der Waals surface area (Å²) in [5, 5.41) is 3.50. The summed E-state index contributed by atoms with van der Waals surface area (Å²) in [6.07, 6.45) is 0.914. The number of carbonyl (C=O) groups excluding carboxylic acids is 1. The second-order valence-electron chi connectivity index (χ2n) is 4.30. The van der Waals surface area contributed by atoms with E-state index in [1.54, 1.807) is 12.1 Å². The predicted molar refractivity (Wildman–Crippen MR) is 79.8 cm³/mol. The SMILES string of the molecule is O=C(CCc1ccc(Cl)cc1)Nc1ccc(F)cc1Cl. The molecule has 2 aromatic rings. The van der Waals surface area contributed by atoms with Gasteiger partial charge < -0.3 is 5.32 Å². The van der Waals surface area contributed by atoms with Gasteiger partial charge in [0.05, 0.1) is 10.7 Å². The highest BCUT2D eigenvalue weighted by atomic mass is 35.5. The third-order valence-electron chi connectivity index (χ3n) is 2.76. The molecule has 5 heteroatoms. The Morgan fingerprint density at radius 1 is 1.10 bits per heavy atom. The van der Waals surface area contributed by atoms with E-state index >= 15 is 0 Å². The van der Waals surface area contributed by atoms with E-state index in [1.807, 2.05) is 12.1 Å². The summed E-state index contributed by atoms with van der Waals surface area (Å²) in [5.74, 6) is -0.609. The number of anilines is 1. The van der Waals surface area contributed by atoms with Crippen LogP contribution in [-0.4, -0.2) is 5.91 Å². The zero-order chi connectivity index (χ0) is 14.5. The van der Waals surface area contributed by atoms with E-state index < -0.39 is 5.82 Å². The van der Waals surface area contributed by atoms with Gasteiger partial charge in [0, 0.05) is 11.4 Å². The van der Waals surface area contributed by atoms with Crippen LogP contribution < -0.4 is 5.32 Å². The van der Waals surface area contributed by atoms with Gasteiger partial charge in [0.2, 0.25) is 5.91 Å². The summed E-state index contributed by atoms with van der Waals surface area (Å²) in [6, 6.07) is 11.2. The Kier molecular flexibility index (Phi) is 4.99. The maximum Gasteiger partial charge on any atom is 0.224 e. The van der Waals surface area contributed by atoms with Crippen molar-refractivity contribution in [3.63, 3.8) is 0 Å². The first-order chi connectivity index (χ1) is 9.54. The molecule has 0 aromatic heterocycles. The highest BCUT2D eigenvalue weighted by molar-refractivity contribution is 6.33. The van der Waals surface area contributed by atoms with E-state index in [0.717, 1.165) is 11.6 Å². The van der Waals surface area contributed by atoms with Crippen molar-refractivity contribution in [1.82, 2.24) is 0 Å². The molecule has 0 aliphatic heterocycles. The molecule has 104 valence electrons. The van der Waals surface area contributed by atoms with E-state index in [4.69, 9.17) is 23.2 Å². The molecule has 0 aliphatic carbocycles. The fourth-order valence-corrected chi connectivity index (χ4v) is 2.05. The molecule has 2 nitrogen and oxygen atoms in total. The number of halogens is 3. The minimum Gasteiger partial charge on any atom is -0.325 e. The molecule has 1 N–H and O–H groups in total. The second-order valence-corrected chi connectivity index (χ2v) is 5.14. The largest absolute Gasteiger partial charge is 0.325 e. The maximum atomic E-state index is 12.9. The van der Waals surface area contributed by atoms with Crippen LogP contribution in [0.3, 0.4) is 0 Å². The van der Waals surface area contributed by atoms with Crippen molar-refractivity contribution in [3.05, 3.63) is 63.9 Å². The molecule has 1 amide bonds. The van der Waals surface area contributed by atoms with Crippen molar-refractivity contribution in [3.8, 4) is 0 Å². The predicted octanol–water partition coefficient (Wildman–Crippen LogP) is 4.70. The lowest BCUT2D eigenvalue weighted by Gasteiger charge is -2.07. The maximum absolute atomic E-state index is 12.9. The Hall–Kier alpha value is -1.58. The number of hydrogen-bond donors (Lipinski definition) is 1. The van der Waals surface area contributed by atoms with Gasteiger partial charge in [-0.1, -0.05) is 35.3 Å². The molecular formula is C15H12Cl2FNO. The van der Waals surface area contributed by atoms with Crippen LogP contribution in [0.1, 0.15) is 12.0 Å². The van der Waals surface area contributed by atoms with E-state index in [-0.39, 0.29) is 10.9 Å². The molecule has 0 atom stereocenters. The summed E-state index contributed by atoms with van der Waals surface area (Å²) in [5.41, 5.74) is 1.43. The normalized spacial score (nSPS) is 10.3. The molecule has 0 spiro atoms. The Bertz CT molecular complexity index is 614. The Balaban J connectivity index is 1.90. The highest BCUT2D eigenvalue weighted by Gasteiger charge is 2.07. The number of nitrogens with one attached hydrogen (secondary N) is 1. The quantitative estimate of drug-likeness (QED) is 0.871. The van der Waals surface area contributed by atoms with Crippen LogP contribution in [-0.2, 0) is 11.2 Å². The van der Waals surface area contributed by atoms with Crippen LogP contribution in [0.25, 0.3) is 0 Å². The van der Waals surface area contributed by atoms with E-state index in [2.05, 4.69) is 5.32 Å². The molecule has 20 heavy (non-hydrogen) atoms. The first-order valence-corrected chi connectivity index (χ1v) is 6.79. The van der Waals surface area contributed by atoms with Gasteiger partial charge in [-0.25, -0.2) is 4.39 Å². The summed E-state index contributed by atoms with van der Waals surface area (Å²) in [6.45, 7) is 0. The van der Waals surface area contributed by atoms with Crippen molar-refractivity contribution in [2.75, 3.05) is 5.32 Å². The van der Waals surface area contributed by atoms with Gasteiger partial charge in [-0.3, -0.25) is 4.79 Å². The standard InChI is InChI=1S/C15H12Cl2FNO/c16-11-4-1-10(2-5-11)3-8-15(20)19-14-7-6-12(18)9-13(14)17/h1-2,4-7,9H,3,8H2,(H,19,20). The molecule has 0 saturated carbocycles. The minimum atomic E-state index is -0.436. The van der Waals surface area contributed by atoms with Gasteiger partial charge in [-0.05, 0) is 42.3 Å². The van der Waals surface area contributed by atoms with Crippen LogP contribution in [0, 0.1) is 5.82 Å². The van der Waals surface area contributed by atoms with Crippen molar-refractivity contribution in [1.29, 1.82) is 0 Å². The Morgan fingerprint density at radius 2 is 1.80 bits per heavy atom. The molecule has 2 aromatic carbocycles. The molecular weight excluding hydrogens is 300 g/mol. The van der Waals surface area contributed by atoms with Crippen molar-refractivity contribution < 1.29 is 9.18 Å². The minimum absolute atomic E-state index is 0.173. The zero-order valence-corrected chi connectivity index (χ0v) is 12.0. The lowest BCUT2D eigenvalue weighted by atomic mass is 10.1. The average Bonchev–Trinajstić information content (AvgIpc) is 2.41. The van der Waals surface area contributed by atoms with Crippen LogP contribution in [0.15, 0.2) is 42.5 Å². The summed E-state index contributed by atoms with van der Waals surface area (Å²) in [7, 11) is 0. The smallest absolute Gasteiger partial charge is 0.224 e. The molecule has 0 unspecified atom stereocenters. The molecule has 0 bridgehead atoms. The third-order valence-corrected chi connectivity index (χ3v) is 3.32. The summed E-state index contributed by atoms with van der Waals surface area (Å²) >= 11 is 11.6. The lowest BCUT2D eigenvalue weighted by Crippen LogP contribution is -2.12. The van der Waals surface area contributed by atoms with Gasteiger partial charge >= 0.3 is 0 Å². The molecule has 2 rings (SSSR count). The zero-order valence-electron chi connectivity index (χ0n) is 10.5. The van der Waals surface area contributed by atoms with E-state index in [9.17, 15) is 9.18 Å². The topological polar surface area (TPSA) is 29.1 Å². The Morgan fingerprint density at radius 3 is 2.45 bits per heavy atom. The van der Waals surface area contributed by atoms with Gasteiger partial charge in [-0.15, -0.1) is 0 Å². The fourth-order valence-electron chi connectivity index (χ4n) is 1.71. The van der Waals surface area contributed by atoms with E-state index in [1.165, 1.54) is 12.1 Å². The average molecular weight is 312 g/mol. The molecule has 0 heterocycles. The van der Waals surface area contributed by atoms with Crippen LogP contribution in [0.5, 0.6) is 0 Å². The number of carbonyl (C=O) groups is 1. The van der Waals surface area contributed by atoms with Crippen molar-refractivity contribution in [2.45, 2.75) is 12.8 Å². The lowest BCUT2D eigenvalue weighted by molar-refractivity contribution is -0.116. The molecule has 0 saturated heterocycles. The second kappa shape index (κ2) is 6.73. The summed E-state index contributed by atoms with van der Waals surface area (Å²) in [4.78, 5) is 11.8. The fraction of sp³-hybridized carbons (Fsp3) is 0.133. The number of amides is 1. The number of rotatable bonds is 4. The van der Waals surface area contributed by atoms with Gasteiger partial charge in [0.25, 0.3) is 0 Å². The van der Waals surface area contributed by atoms with Gasteiger partial charge in [0.1, 0.15) is 5.82 Å². The monoisotopic (exact) mass is 311 g/mol. The van der Waals surface area contributed by atoms with Gasteiger partial charge in [-0.2, -0.15) is 0 Å². The molecule has 0 aliphatic rings. The van der Waals surface area contributed by atoms with Crippen LogP contribution in [0.2, 0.25) is 10.0 Å². The van der Waals surface area contributed by atoms with Crippen molar-refractivity contribution in [2.24, 2.45) is 0 Å². The molecule has 0 fully saturated rings. The number of hydrogen-bond acceptors (Lipinski definition) is 1. The highest BCUT2D eigenvalue weighted by Crippen LogP contribution is 2.22. The van der Waals surface area contributed by atoms with Gasteiger partial charge in [0.15, 0.2) is 0 Å².